The second-order valence-electron chi connectivity index (χ2n) is 5.86. The Morgan fingerprint density at radius 2 is 1.74 bits per heavy atom. The van der Waals surface area contributed by atoms with Crippen molar-refractivity contribution in [2.75, 3.05) is 5.32 Å². The number of nitrogens with zero attached hydrogens (tertiary/aromatic N) is 1. The van der Waals surface area contributed by atoms with Gasteiger partial charge in [-0.1, -0.05) is 45.2 Å². The van der Waals surface area contributed by atoms with Crippen LogP contribution in [0.4, 0.5) is 5.69 Å². The lowest BCUT2D eigenvalue weighted by molar-refractivity contribution is 0.307. The molecule has 0 atom stereocenters. The highest BCUT2D eigenvalue weighted by molar-refractivity contribution is 5.81. The monoisotopic (exact) mass is 361 g/mol. The number of fused-ring (bicyclic) bond motifs is 1. The van der Waals surface area contributed by atoms with E-state index in [0.29, 0.717) is 18.7 Å². The highest BCUT2D eigenvalue weighted by Crippen LogP contribution is 2.21. The molecule has 27 heavy (non-hydrogen) atoms. The van der Waals surface area contributed by atoms with Crippen LogP contribution in [0.1, 0.15) is 25.8 Å². The van der Waals surface area contributed by atoms with Crippen molar-refractivity contribution < 1.29 is 4.74 Å². The number of hydrogen-bond donors (Lipinski definition) is 2. The van der Waals surface area contributed by atoms with Gasteiger partial charge in [0, 0.05) is 40.6 Å². The van der Waals surface area contributed by atoms with Crippen LogP contribution in [-0.2, 0) is 6.61 Å². The molecule has 0 saturated carbocycles. The van der Waals surface area contributed by atoms with E-state index in [0.717, 1.165) is 33.6 Å². The number of rotatable bonds is 7. The van der Waals surface area contributed by atoms with E-state index < -0.39 is 0 Å². The highest BCUT2D eigenvalue weighted by Gasteiger charge is 2.03. The summed E-state index contributed by atoms with van der Waals surface area (Å²) in [4.78, 5) is 4.37. The minimum Gasteiger partial charge on any atom is -0.489 e. The molecule has 140 valence electrons. The first-order valence-electron chi connectivity index (χ1n) is 9.05. The molecule has 3 rings (SSSR count). The smallest absolute Gasteiger partial charge is 0.119 e. The highest BCUT2D eigenvalue weighted by atomic mass is 16.5. The third kappa shape index (κ3) is 5.89. The van der Waals surface area contributed by atoms with Crippen molar-refractivity contribution in [2.45, 2.75) is 26.9 Å². The molecule has 0 saturated heterocycles. The van der Waals surface area contributed by atoms with Gasteiger partial charge in [-0.25, -0.2) is 0 Å². The van der Waals surface area contributed by atoms with Gasteiger partial charge in [0.15, 0.2) is 0 Å². The summed E-state index contributed by atoms with van der Waals surface area (Å²) in [5.74, 6) is 0.806. The molecule has 0 fully saturated rings. The van der Waals surface area contributed by atoms with E-state index in [9.17, 15) is 0 Å². The van der Waals surface area contributed by atoms with Gasteiger partial charge in [0.2, 0.25) is 0 Å². The van der Waals surface area contributed by atoms with Crippen molar-refractivity contribution in [1.29, 1.82) is 0 Å². The van der Waals surface area contributed by atoms with Gasteiger partial charge >= 0.3 is 0 Å². The van der Waals surface area contributed by atoms with Crippen LogP contribution in [0.3, 0.4) is 0 Å². The molecule has 0 bridgehead atoms. The van der Waals surface area contributed by atoms with E-state index in [1.165, 1.54) is 0 Å². The number of para-hydroxylation sites is 1. The summed E-state index contributed by atoms with van der Waals surface area (Å²) in [6.07, 6.45) is 2.36. The molecule has 3 aromatic rings. The van der Waals surface area contributed by atoms with Crippen LogP contribution in [0, 0.1) is 0 Å². The van der Waals surface area contributed by atoms with Gasteiger partial charge in [0.25, 0.3) is 0 Å². The summed E-state index contributed by atoms with van der Waals surface area (Å²) in [7, 11) is 0. The zero-order chi connectivity index (χ0) is 19.6. The Balaban J connectivity index is 0.00000126. The molecule has 0 aliphatic carbocycles. The van der Waals surface area contributed by atoms with Gasteiger partial charge in [0.05, 0.1) is 5.52 Å². The van der Waals surface area contributed by atoms with E-state index in [4.69, 9.17) is 10.5 Å². The Labute approximate surface area is 161 Å². The van der Waals surface area contributed by atoms with Gasteiger partial charge < -0.3 is 15.8 Å². The van der Waals surface area contributed by atoms with E-state index >= 15 is 0 Å². The van der Waals surface area contributed by atoms with Crippen molar-refractivity contribution in [3.8, 4) is 5.75 Å². The SMILES string of the molecule is C=C(N)CC(=C)Nc1ccc(OCc2ccnc3ccccc23)cc1.CC. The van der Waals surface area contributed by atoms with Crippen molar-refractivity contribution in [2.24, 2.45) is 5.73 Å². The van der Waals surface area contributed by atoms with Crippen LogP contribution >= 0.6 is 0 Å². The Bertz CT molecular complexity index is 896. The molecule has 0 amide bonds. The number of benzene rings is 2. The third-order valence-electron chi connectivity index (χ3n) is 3.75. The summed E-state index contributed by atoms with van der Waals surface area (Å²) in [6.45, 7) is 12.1. The van der Waals surface area contributed by atoms with Crippen LogP contribution in [0.25, 0.3) is 10.9 Å². The van der Waals surface area contributed by atoms with Gasteiger partial charge in [-0.05, 0) is 36.4 Å². The number of nitrogens with two attached hydrogens (primary N) is 1. The van der Waals surface area contributed by atoms with E-state index in [-0.39, 0.29) is 0 Å². The fraction of sp³-hybridized carbons (Fsp3) is 0.174. The van der Waals surface area contributed by atoms with Crippen molar-refractivity contribution >= 4 is 16.6 Å². The average Bonchev–Trinajstić information content (AvgIpc) is 2.68. The molecule has 0 unspecified atom stereocenters. The van der Waals surface area contributed by atoms with Gasteiger partial charge in [-0.3, -0.25) is 4.98 Å². The van der Waals surface area contributed by atoms with E-state index in [1.54, 1.807) is 0 Å². The number of ether oxygens (including phenoxy) is 1. The maximum absolute atomic E-state index is 5.91. The maximum atomic E-state index is 5.91. The zero-order valence-corrected chi connectivity index (χ0v) is 16.0. The zero-order valence-electron chi connectivity index (χ0n) is 16.0. The van der Waals surface area contributed by atoms with Crippen molar-refractivity contribution in [1.82, 2.24) is 4.98 Å². The molecular formula is C23H27N3O. The molecule has 0 aliphatic rings. The minimum atomic E-state index is 0.496. The number of pyridine rings is 1. The van der Waals surface area contributed by atoms with Gasteiger partial charge in [-0.2, -0.15) is 0 Å². The molecule has 1 aromatic heterocycles. The quantitative estimate of drug-likeness (QED) is 0.573. The van der Waals surface area contributed by atoms with Gasteiger partial charge in [0.1, 0.15) is 12.4 Å². The van der Waals surface area contributed by atoms with Crippen molar-refractivity contribution in [3.63, 3.8) is 0 Å². The van der Waals surface area contributed by atoms with Crippen LogP contribution < -0.4 is 15.8 Å². The second kappa shape index (κ2) is 10.0. The first kappa shape index (κ1) is 20.0. The lowest BCUT2D eigenvalue weighted by Crippen LogP contribution is -2.03. The summed E-state index contributed by atoms with van der Waals surface area (Å²) in [5.41, 5.74) is 10.0. The normalized spacial score (nSPS) is 9.85. The molecule has 4 nitrogen and oxygen atoms in total. The largest absolute Gasteiger partial charge is 0.489 e. The fourth-order valence-electron chi connectivity index (χ4n) is 2.60. The van der Waals surface area contributed by atoms with Gasteiger partial charge in [-0.15, -0.1) is 0 Å². The van der Waals surface area contributed by atoms with Crippen LogP contribution in [0.5, 0.6) is 5.75 Å². The molecule has 3 N–H and O–H groups in total. The van der Waals surface area contributed by atoms with Crippen LogP contribution in [0.15, 0.2) is 85.3 Å². The van der Waals surface area contributed by atoms with E-state index in [2.05, 4.69) is 29.5 Å². The molecule has 2 aromatic carbocycles. The Kier molecular flexibility index (Phi) is 7.44. The van der Waals surface area contributed by atoms with Crippen LogP contribution in [0.2, 0.25) is 0 Å². The molecular weight excluding hydrogens is 334 g/mol. The number of nitrogens with one attached hydrogen (secondary N) is 1. The molecule has 4 heteroatoms. The standard InChI is InChI=1S/C21H21N3O.C2H6/c1-15(22)13-16(2)24-18-7-9-19(10-8-18)25-14-17-11-12-23-21-6-4-3-5-20(17)21;1-2/h3-12,24H,1-2,13-14,22H2;1-2H3. The summed E-state index contributed by atoms with van der Waals surface area (Å²) < 4.78 is 5.91. The predicted molar refractivity (Wildman–Crippen MR) is 115 cm³/mol. The summed E-state index contributed by atoms with van der Waals surface area (Å²) >= 11 is 0. The number of aromatic nitrogens is 1. The Hall–Kier alpha value is -3.27. The average molecular weight is 361 g/mol. The molecule has 0 radical (unpaired) electrons. The first-order chi connectivity index (χ1) is 13.1. The maximum Gasteiger partial charge on any atom is 0.119 e. The lowest BCUT2D eigenvalue weighted by atomic mass is 10.1. The number of anilines is 1. The summed E-state index contributed by atoms with van der Waals surface area (Å²) in [5, 5.41) is 4.31. The Morgan fingerprint density at radius 1 is 1.04 bits per heavy atom. The lowest BCUT2D eigenvalue weighted by Gasteiger charge is -2.11. The van der Waals surface area contributed by atoms with Crippen molar-refractivity contribution in [3.05, 3.63) is 90.9 Å². The Morgan fingerprint density at radius 3 is 2.44 bits per heavy atom. The number of hydrogen-bond acceptors (Lipinski definition) is 4. The third-order valence-corrected chi connectivity index (χ3v) is 3.75. The molecule has 1 heterocycles. The van der Waals surface area contributed by atoms with E-state index in [1.807, 2.05) is 68.6 Å². The topological polar surface area (TPSA) is 60.2 Å². The second-order valence-corrected chi connectivity index (χ2v) is 5.86. The van der Waals surface area contributed by atoms with Crippen LogP contribution in [-0.4, -0.2) is 4.98 Å². The minimum absolute atomic E-state index is 0.496. The fourth-order valence-corrected chi connectivity index (χ4v) is 2.60. The first-order valence-corrected chi connectivity index (χ1v) is 9.05. The molecule has 0 spiro atoms. The summed E-state index contributed by atoms with van der Waals surface area (Å²) in [6, 6.07) is 17.8. The molecule has 0 aliphatic heterocycles. The predicted octanol–water partition coefficient (Wildman–Crippen LogP) is 5.63.